The van der Waals surface area contributed by atoms with Gasteiger partial charge >= 0.3 is 0 Å². The lowest BCUT2D eigenvalue weighted by Gasteiger charge is -2.06. The van der Waals surface area contributed by atoms with Gasteiger partial charge in [-0.25, -0.2) is 4.98 Å². The second kappa shape index (κ2) is 4.14. The van der Waals surface area contributed by atoms with Crippen LogP contribution in [-0.2, 0) is 0 Å². The van der Waals surface area contributed by atoms with Crippen molar-refractivity contribution < 1.29 is 0 Å². The highest BCUT2D eigenvalue weighted by molar-refractivity contribution is 6.30. The molecule has 0 saturated carbocycles. The molecule has 0 bridgehead atoms. The fourth-order valence-electron chi connectivity index (χ4n) is 2.31. The molecule has 0 aliphatic rings. The van der Waals surface area contributed by atoms with Gasteiger partial charge in [-0.05, 0) is 38.1 Å². The van der Waals surface area contributed by atoms with E-state index in [-0.39, 0.29) is 0 Å². The molecular weight excluding hydrogens is 244 g/mol. The van der Waals surface area contributed by atoms with E-state index in [4.69, 9.17) is 11.6 Å². The molecule has 18 heavy (non-hydrogen) atoms. The van der Waals surface area contributed by atoms with Gasteiger partial charge in [0.1, 0.15) is 5.65 Å². The Morgan fingerprint density at radius 3 is 2.44 bits per heavy atom. The Kier molecular flexibility index (Phi) is 2.60. The van der Waals surface area contributed by atoms with Crippen molar-refractivity contribution in [1.29, 1.82) is 0 Å². The van der Waals surface area contributed by atoms with E-state index in [1.54, 1.807) is 0 Å². The molecule has 0 fully saturated rings. The first kappa shape index (κ1) is 11.3. The van der Waals surface area contributed by atoms with Crippen LogP contribution in [0.3, 0.4) is 0 Å². The first-order chi connectivity index (χ1) is 8.66. The smallest absolute Gasteiger partial charge is 0.137 e. The zero-order chi connectivity index (χ0) is 12.7. The molecule has 0 aliphatic heterocycles. The molecule has 0 amide bonds. The van der Waals surface area contributed by atoms with Crippen LogP contribution in [0.2, 0.25) is 5.02 Å². The Labute approximate surface area is 111 Å². The molecule has 0 saturated heterocycles. The zero-order valence-corrected chi connectivity index (χ0v) is 11.1. The van der Waals surface area contributed by atoms with E-state index in [0.717, 1.165) is 27.6 Å². The van der Waals surface area contributed by atoms with Crippen LogP contribution >= 0.6 is 11.6 Å². The number of rotatable bonds is 1. The quantitative estimate of drug-likeness (QED) is 0.636. The van der Waals surface area contributed by atoms with Gasteiger partial charge in [0, 0.05) is 16.3 Å². The number of imidazole rings is 1. The van der Waals surface area contributed by atoms with Crippen LogP contribution in [0.5, 0.6) is 0 Å². The van der Waals surface area contributed by atoms with Crippen LogP contribution in [-0.4, -0.2) is 9.38 Å². The maximum absolute atomic E-state index is 5.94. The third-order valence-electron chi connectivity index (χ3n) is 3.13. The minimum atomic E-state index is 0.752. The minimum Gasteiger partial charge on any atom is -0.297 e. The second-order valence-corrected chi connectivity index (χ2v) is 4.85. The summed E-state index contributed by atoms with van der Waals surface area (Å²) < 4.78 is 2.18. The van der Waals surface area contributed by atoms with Gasteiger partial charge in [0.15, 0.2) is 0 Å². The predicted octanol–water partition coefficient (Wildman–Crippen LogP) is 4.27. The molecule has 0 atom stereocenters. The van der Waals surface area contributed by atoms with Gasteiger partial charge in [0.25, 0.3) is 0 Å². The SMILES string of the molecule is Cc1nc2cccc(C)n2c1-c1ccc(Cl)cc1. The van der Waals surface area contributed by atoms with Crippen LogP contribution in [0.1, 0.15) is 11.4 Å². The Hall–Kier alpha value is -1.80. The molecular formula is C15H13ClN2. The summed E-state index contributed by atoms with van der Waals surface area (Å²) in [6.45, 7) is 4.13. The molecule has 0 unspecified atom stereocenters. The largest absolute Gasteiger partial charge is 0.297 e. The highest BCUT2D eigenvalue weighted by Gasteiger charge is 2.11. The van der Waals surface area contributed by atoms with Gasteiger partial charge in [-0.3, -0.25) is 4.40 Å². The number of pyridine rings is 1. The molecule has 3 heteroatoms. The highest BCUT2D eigenvalue weighted by Crippen LogP contribution is 2.27. The summed E-state index contributed by atoms with van der Waals surface area (Å²) in [6, 6.07) is 14.0. The van der Waals surface area contributed by atoms with Crippen molar-refractivity contribution in [2.24, 2.45) is 0 Å². The molecule has 1 aromatic carbocycles. The fraction of sp³-hybridized carbons (Fsp3) is 0.133. The third kappa shape index (κ3) is 1.70. The Morgan fingerprint density at radius 2 is 1.72 bits per heavy atom. The van der Waals surface area contributed by atoms with Crippen LogP contribution in [0.15, 0.2) is 42.5 Å². The molecule has 0 radical (unpaired) electrons. The van der Waals surface area contributed by atoms with Gasteiger partial charge in [-0.1, -0.05) is 29.8 Å². The third-order valence-corrected chi connectivity index (χ3v) is 3.38. The van der Waals surface area contributed by atoms with Crippen molar-refractivity contribution in [2.75, 3.05) is 0 Å². The van der Waals surface area contributed by atoms with E-state index in [1.807, 2.05) is 43.3 Å². The fourth-order valence-corrected chi connectivity index (χ4v) is 2.44. The van der Waals surface area contributed by atoms with Crippen molar-refractivity contribution in [2.45, 2.75) is 13.8 Å². The van der Waals surface area contributed by atoms with Crippen LogP contribution in [0.4, 0.5) is 0 Å². The van der Waals surface area contributed by atoms with Gasteiger partial charge in [-0.15, -0.1) is 0 Å². The Balaban J connectivity index is 2.34. The van der Waals surface area contributed by atoms with E-state index in [9.17, 15) is 0 Å². The number of nitrogens with zero attached hydrogens (tertiary/aromatic N) is 2. The van der Waals surface area contributed by atoms with Gasteiger partial charge in [0.05, 0.1) is 11.4 Å². The number of halogens is 1. The van der Waals surface area contributed by atoms with Gasteiger partial charge in [-0.2, -0.15) is 0 Å². The van der Waals surface area contributed by atoms with E-state index in [0.29, 0.717) is 0 Å². The summed E-state index contributed by atoms with van der Waals surface area (Å²) in [5.41, 5.74) is 5.47. The number of benzene rings is 1. The van der Waals surface area contributed by atoms with Gasteiger partial charge in [0.2, 0.25) is 0 Å². The van der Waals surface area contributed by atoms with E-state index in [2.05, 4.69) is 22.4 Å². The lowest BCUT2D eigenvalue weighted by atomic mass is 10.1. The van der Waals surface area contributed by atoms with Crippen molar-refractivity contribution in [1.82, 2.24) is 9.38 Å². The lowest BCUT2D eigenvalue weighted by Crippen LogP contribution is -1.93. The predicted molar refractivity (Wildman–Crippen MR) is 75.1 cm³/mol. The molecule has 2 heterocycles. The number of hydrogen-bond donors (Lipinski definition) is 0. The first-order valence-electron chi connectivity index (χ1n) is 5.87. The highest BCUT2D eigenvalue weighted by atomic mass is 35.5. The molecule has 3 rings (SSSR count). The monoisotopic (exact) mass is 256 g/mol. The summed E-state index contributed by atoms with van der Waals surface area (Å²) in [6.07, 6.45) is 0. The molecule has 0 aliphatic carbocycles. The molecule has 0 spiro atoms. The average Bonchev–Trinajstić information content (AvgIpc) is 2.68. The Morgan fingerprint density at radius 1 is 1.00 bits per heavy atom. The lowest BCUT2D eigenvalue weighted by molar-refractivity contribution is 1.10. The van der Waals surface area contributed by atoms with Crippen molar-refractivity contribution in [3.05, 3.63) is 58.9 Å². The summed E-state index contributed by atoms with van der Waals surface area (Å²) in [5.74, 6) is 0. The van der Waals surface area contributed by atoms with Crippen LogP contribution < -0.4 is 0 Å². The number of fused-ring (bicyclic) bond motifs is 1. The second-order valence-electron chi connectivity index (χ2n) is 4.41. The molecule has 2 nitrogen and oxygen atoms in total. The standard InChI is InChI=1S/C15H13ClN2/c1-10-4-3-5-14-17-11(2)15(18(10)14)12-6-8-13(16)9-7-12/h3-9H,1-2H3. The van der Waals surface area contributed by atoms with Crippen molar-refractivity contribution in [3.8, 4) is 11.3 Å². The number of aromatic nitrogens is 2. The maximum Gasteiger partial charge on any atom is 0.137 e. The minimum absolute atomic E-state index is 0.752. The average molecular weight is 257 g/mol. The molecule has 90 valence electrons. The number of hydrogen-bond acceptors (Lipinski definition) is 1. The molecule has 0 N–H and O–H groups in total. The summed E-state index contributed by atoms with van der Waals surface area (Å²) in [4.78, 5) is 4.60. The Bertz CT molecular complexity index is 711. The normalized spacial score (nSPS) is 11.1. The van der Waals surface area contributed by atoms with Crippen molar-refractivity contribution in [3.63, 3.8) is 0 Å². The van der Waals surface area contributed by atoms with Crippen LogP contribution in [0.25, 0.3) is 16.9 Å². The summed E-state index contributed by atoms with van der Waals surface area (Å²) >= 11 is 5.94. The maximum atomic E-state index is 5.94. The van der Waals surface area contributed by atoms with Gasteiger partial charge < -0.3 is 0 Å². The van der Waals surface area contributed by atoms with Crippen LogP contribution in [0, 0.1) is 13.8 Å². The molecule has 3 aromatic rings. The van der Waals surface area contributed by atoms with Crippen molar-refractivity contribution >= 4 is 17.2 Å². The molecule has 2 aromatic heterocycles. The van der Waals surface area contributed by atoms with E-state index in [1.165, 1.54) is 5.69 Å². The first-order valence-corrected chi connectivity index (χ1v) is 6.25. The zero-order valence-electron chi connectivity index (χ0n) is 10.3. The van der Waals surface area contributed by atoms with E-state index < -0.39 is 0 Å². The number of aryl methyl sites for hydroxylation is 2. The summed E-state index contributed by atoms with van der Waals surface area (Å²) in [5, 5.41) is 0.752. The summed E-state index contributed by atoms with van der Waals surface area (Å²) in [7, 11) is 0. The topological polar surface area (TPSA) is 17.3 Å². The van der Waals surface area contributed by atoms with E-state index >= 15 is 0 Å².